The summed E-state index contributed by atoms with van der Waals surface area (Å²) in [5.74, 6) is -0.548. The van der Waals surface area contributed by atoms with Gasteiger partial charge >= 0.3 is 5.91 Å². The molecule has 2 aromatic heterocycles. The first kappa shape index (κ1) is 27.4. The van der Waals surface area contributed by atoms with Crippen molar-refractivity contribution in [2.24, 2.45) is 0 Å². The van der Waals surface area contributed by atoms with Gasteiger partial charge in [-0.05, 0) is 41.0 Å². The summed E-state index contributed by atoms with van der Waals surface area (Å²) < 4.78 is 6.60. The fourth-order valence-corrected chi connectivity index (χ4v) is 6.40. The lowest BCUT2D eigenvalue weighted by atomic mass is 9.95. The van der Waals surface area contributed by atoms with Crippen molar-refractivity contribution < 1.29 is 19.4 Å². The van der Waals surface area contributed by atoms with Crippen LogP contribution in [0.1, 0.15) is 28.3 Å². The Balaban J connectivity index is 1.33. The highest BCUT2D eigenvalue weighted by Crippen LogP contribution is 2.44. The van der Waals surface area contributed by atoms with Gasteiger partial charge in [-0.3, -0.25) is 19.5 Å². The molecule has 0 spiro atoms. The number of rotatable bonds is 9. The maximum absolute atomic E-state index is 13.5. The number of ketones is 1. The van der Waals surface area contributed by atoms with Gasteiger partial charge in [0, 0.05) is 23.7 Å². The van der Waals surface area contributed by atoms with Gasteiger partial charge in [0.1, 0.15) is 18.1 Å². The van der Waals surface area contributed by atoms with E-state index in [4.69, 9.17) is 4.74 Å². The van der Waals surface area contributed by atoms with Crippen molar-refractivity contribution >= 4 is 45.7 Å². The lowest BCUT2D eigenvalue weighted by Crippen LogP contribution is -2.29. The fourth-order valence-electron chi connectivity index (χ4n) is 4.58. The number of aliphatic hydroxyl groups is 1. The second kappa shape index (κ2) is 12.4. The highest BCUT2D eigenvalue weighted by molar-refractivity contribution is 8.00. The van der Waals surface area contributed by atoms with Gasteiger partial charge in [-0.25, -0.2) is 0 Å². The van der Waals surface area contributed by atoms with Crippen molar-refractivity contribution in [2.75, 3.05) is 4.90 Å². The van der Waals surface area contributed by atoms with Crippen molar-refractivity contribution in [2.45, 2.75) is 22.7 Å². The standard InChI is InChI=1S/C32H24N4O4S2/c37-28(24-15-17-33-18-16-24)26-27(23-11-13-25(14-12-23)40-19-21-7-3-1-4-8-21)36(30(39)29(26)38)31-34-35-32(42-31)41-20-22-9-5-2-6-10-22/h1-18,27,37H,19-20H2/b28-26+. The fraction of sp³-hybridized carbons (Fsp3) is 0.0938. The third kappa shape index (κ3) is 5.81. The molecule has 1 fully saturated rings. The Kier molecular flexibility index (Phi) is 8.07. The van der Waals surface area contributed by atoms with Gasteiger partial charge in [0.15, 0.2) is 4.34 Å². The molecule has 1 N–H and O–H groups in total. The zero-order valence-electron chi connectivity index (χ0n) is 22.2. The number of carbonyl (C=O) groups is 2. The maximum Gasteiger partial charge on any atom is 0.301 e. The van der Waals surface area contributed by atoms with E-state index >= 15 is 0 Å². The van der Waals surface area contributed by atoms with E-state index in [9.17, 15) is 14.7 Å². The van der Waals surface area contributed by atoms with Crippen LogP contribution in [0.4, 0.5) is 5.13 Å². The molecule has 1 aliphatic heterocycles. The molecular weight excluding hydrogens is 569 g/mol. The lowest BCUT2D eigenvalue weighted by molar-refractivity contribution is -0.132. The molecule has 0 bridgehead atoms. The summed E-state index contributed by atoms with van der Waals surface area (Å²) in [4.78, 5) is 32.2. The van der Waals surface area contributed by atoms with Crippen LogP contribution in [0.2, 0.25) is 0 Å². The molecule has 5 aromatic rings. The minimum Gasteiger partial charge on any atom is -0.507 e. The molecular formula is C32H24N4O4S2. The molecule has 8 nitrogen and oxygen atoms in total. The summed E-state index contributed by atoms with van der Waals surface area (Å²) in [5, 5.41) is 20.1. The molecule has 6 rings (SSSR count). The van der Waals surface area contributed by atoms with E-state index in [0.717, 1.165) is 11.1 Å². The Hall–Kier alpha value is -4.80. The average Bonchev–Trinajstić information content (AvgIpc) is 3.62. The van der Waals surface area contributed by atoms with E-state index in [0.29, 0.717) is 33.6 Å². The van der Waals surface area contributed by atoms with E-state index in [1.807, 2.05) is 60.7 Å². The van der Waals surface area contributed by atoms with Crippen LogP contribution in [-0.4, -0.2) is 32.0 Å². The van der Waals surface area contributed by atoms with Gasteiger partial charge in [-0.1, -0.05) is 95.9 Å². The first-order valence-corrected chi connectivity index (χ1v) is 14.9. The van der Waals surface area contributed by atoms with Crippen LogP contribution in [0.3, 0.4) is 0 Å². The molecule has 1 unspecified atom stereocenters. The number of anilines is 1. The minimum atomic E-state index is -0.915. The zero-order valence-corrected chi connectivity index (χ0v) is 23.8. The number of amides is 1. The van der Waals surface area contributed by atoms with Crippen LogP contribution in [0.5, 0.6) is 5.75 Å². The Labute approximate surface area is 250 Å². The van der Waals surface area contributed by atoms with Crippen LogP contribution in [0, 0.1) is 0 Å². The van der Waals surface area contributed by atoms with Crippen LogP contribution in [0.15, 0.2) is 119 Å². The quantitative estimate of drug-likeness (QED) is 0.0686. The molecule has 0 aliphatic carbocycles. The SMILES string of the molecule is O=C1C(=O)N(c2nnc(SCc3ccccc3)s2)C(c2ccc(OCc3ccccc3)cc2)/C1=C(\O)c1ccncc1. The van der Waals surface area contributed by atoms with Crippen molar-refractivity contribution in [3.8, 4) is 5.75 Å². The molecule has 1 saturated heterocycles. The second-order valence-electron chi connectivity index (χ2n) is 9.37. The highest BCUT2D eigenvalue weighted by atomic mass is 32.2. The van der Waals surface area contributed by atoms with Crippen LogP contribution in [0.25, 0.3) is 5.76 Å². The molecule has 0 saturated carbocycles. The second-order valence-corrected chi connectivity index (χ2v) is 11.6. The van der Waals surface area contributed by atoms with E-state index in [1.54, 1.807) is 36.4 Å². The molecule has 0 radical (unpaired) electrons. The van der Waals surface area contributed by atoms with E-state index in [2.05, 4.69) is 15.2 Å². The molecule has 1 amide bonds. The lowest BCUT2D eigenvalue weighted by Gasteiger charge is -2.22. The maximum atomic E-state index is 13.5. The molecule has 1 atom stereocenters. The van der Waals surface area contributed by atoms with Crippen LogP contribution in [-0.2, 0) is 21.9 Å². The normalized spacial score (nSPS) is 16.1. The zero-order chi connectivity index (χ0) is 28.9. The smallest absolute Gasteiger partial charge is 0.301 e. The Morgan fingerprint density at radius 3 is 2.21 bits per heavy atom. The highest BCUT2D eigenvalue weighted by Gasteiger charge is 2.48. The average molecular weight is 593 g/mol. The van der Waals surface area contributed by atoms with Gasteiger partial charge in [-0.2, -0.15) is 0 Å². The minimum absolute atomic E-state index is 0.0298. The molecule has 10 heteroatoms. The van der Waals surface area contributed by atoms with Crippen molar-refractivity contribution in [3.63, 3.8) is 0 Å². The van der Waals surface area contributed by atoms with Gasteiger partial charge < -0.3 is 9.84 Å². The third-order valence-corrected chi connectivity index (χ3v) is 8.78. The van der Waals surface area contributed by atoms with Gasteiger partial charge in [0.2, 0.25) is 5.13 Å². The van der Waals surface area contributed by atoms with Crippen LogP contribution < -0.4 is 9.64 Å². The Morgan fingerprint density at radius 2 is 1.52 bits per heavy atom. The molecule has 1 aliphatic rings. The first-order valence-electron chi connectivity index (χ1n) is 13.1. The Bertz CT molecular complexity index is 1730. The van der Waals surface area contributed by atoms with Gasteiger partial charge in [0.05, 0.1) is 11.6 Å². The summed E-state index contributed by atoms with van der Waals surface area (Å²) in [6.07, 6.45) is 3.03. The van der Waals surface area contributed by atoms with Crippen molar-refractivity contribution in [1.82, 2.24) is 15.2 Å². The van der Waals surface area contributed by atoms with E-state index in [1.165, 1.54) is 40.4 Å². The van der Waals surface area contributed by atoms with Crippen molar-refractivity contribution in [1.29, 1.82) is 0 Å². The first-order chi connectivity index (χ1) is 20.6. The number of thioether (sulfide) groups is 1. The predicted molar refractivity (Wildman–Crippen MR) is 162 cm³/mol. The van der Waals surface area contributed by atoms with Gasteiger partial charge in [-0.15, -0.1) is 10.2 Å². The summed E-state index contributed by atoms with van der Waals surface area (Å²) >= 11 is 2.73. The number of hydrogen-bond acceptors (Lipinski definition) is 9. The van der Waals surface area contributed by atoms with Crippen LogP contribution >= 0.6 is 23.1 Å². The largest absolute Gasteiger partial charge is 0.507 e. The third-order valence-electron chi connectivity index (χ3n) is 6.65. The number of pyridine rings is 1. The number of benzene rings is 3. The number of ether oxygens (including phenoxy) is 1. The molecule has 208 valence electrons. The molecule has 42 heavy (non-hydrogen) atoms. The summed E-state index contributed by atoms with van der Waals surface area (Å²) in [5.41, 5.74) is 3.13. The molecule has 3 heterocycles. The summed E-state index contributed by atoms with van der Waals surface area (Å²) in [6.45, 7) is 0.398. The van der Waals surface area contributed by atoms with Crippen molar-refractivity contribution in [3.05, 3.63) is 137 Å². The monoisotopic (exact) mass is 592 g/mol. The number of nitrogens with zero attached hydrogens (tertiary/aromatic N) is 4. The number of Topliss-reactive ketones (excluding diaryl/α,β-unsaturated/α-hetero) is 1. The number of hydrogen-bond donors (Lipinski definition) is 1. The summed E-state index contributed by atoms with van der Waals surface area (Å²) in [7, 11) is 0. The Morgan fingerprint density at radius 1 is 0.857 bits per heavy atom. The summed E-state index contributed by atoms with van der Waals surface area (Å²) in [6, 6.07) is 29.2. The van der Waals surface area contributed by atoms with E-state index < -0.39 is 17.7 Å². The van der Waals surface area contributed by atoms with E-state index in [-0.39, 0.29) is 16.5 Å². The topological polar surface area (TPSA) is 106 Å². The number of aliphatic hydroxyl groups excluding tert-OH is 1. The number of aromatic nitrogens is 3. The predicted octanol–water partition coefficient (Wildman–Crippen LogP) is 6.43. The molecule has 3 aromatic carbocycles. The number of carbonyl (C=O) groups excluding carboxylic acids is 2. The van der Waals surface area contributed by atoms with Gasteiger partial charge in [0.25, 0.3) is 5.78 Å².